The summed E-state index contributed by atoms with van der Waals surface area (Å²) in [7, 11) is 0. The molecule has 0 radical (unpaired) electrons. The molecule has 0 aliphatic heterocycles. The highest BCUT2D eigenvalue weighted by molar-refractivity contribution is 6.61. The zero-order valence-electron chi connectivity index (χ0n) is 21.3. The molecule has 6 nitrogen and oxygen atoms in total. The molecule has 2 aromatic rings. The van der Waals surface area contributed by atoms with Gasteiger partial charge in [-0.3, -0.25) is 9.79 Å². The standard InChI is InChI=1S/C28H37N5O/c1-7-32(19(3)4)23-13-9-21(10-14-23)30-26-18-27(28(34)17-25(26)29)31-22-11-15-24(16-12-22)33(8-2)20(5)6/h9-16,19-20,29H,7-8,17-18H2,1-6H3. The molecule has 0 atom stereocenters. The SMILES string of the molecule is CCN(c1ccc(N=C2CC(=Nc3ccc(N(CC)C(C)C)cc3)C(=O)CC2=N)cc1)C(C)C. The fourth-order valence-corrected chi connectivity index (χ4v) is 4.38. The fraction of sp³-hybridized carbons (Fsp3) is 0.429. The third-order valence-electron chi connectivity index (χ3n) is 6.16. The van der Waals surface area contributed by atoms with Gasteiger partial charge >= 0.3 is 0 Å². The van der Waals surface area contributed by atoms with Crippen molar-refractivity contribution in [1.82, 2.24) is 0 Å². The van der Waals surface area contributed by atoms with Crippen molar-refractivity contribution in [2.45, 2.75) is 66.5 Å². The molecule has 6 heteroatoms. The topological polar surface area (TPSA) is 72.1 Å². The lowest BCUT2D eigenvalue weighted by Gasteiger charge is -2.27. The van der Waals surface area contributed by atoms with Gasteiger partial charge in [0.2, 0.25) is 0 Å². The normalized spacial score (nSPS) is 16.7. The molecule has 1 aliphatic carbocycles. The quantitative estimate of drug-likeness (QED) is 0.497. The first-order valence-electron chi connectivity index (χ1n) is 12.2. The molecule has 0 spiro atoms. The van der Waals surface area contributed by atoms with Gasteiger partial charge in [0, 0.05) is 43.0 Å². The molecular weight excluding hydrogens is 422 g/mol. The molecule has 2 aromatic carbocycles. The Morgan fingerprint density at radius 1 is 0.735 bits per heavy atom. The summed E-state index contributed by atoms with van der Waals surface area (Å²) in [6.07, 6.45) is 0.323. The highest BCUT2D eigenvalue weighted by Crippen LogP contribution is 2.25. The summed E-state index contributed by atoms with van der Waals surface area (Å²) in [5, 5.41) is 8.31. The smallest absolute Gasteiger partial charge is 0.183 e. The third-order valence-corrected chi connectivity index (χ3v) is 6.16. The van der Waals surface area contributed by atoms with Crippen LogP contribution in [0, 0.1) is 5.41 Å². The molecule has 0 heterocycles. The Balaban J connectivity index is 1.80. The van der Waals surface area contributed by atoms with Gasteiger partial charge < -0.3 is 15.2 Å². The van der Waals surface area contributed by atoms with Crippen LogP contribution in [0.3, 0.4) is 0 Å². The van der Waals surface area contributed by atoms with Crippen LogP contribution in [0.15, 0.2) is 58.5 Å². The van der Waals surface area contributed by atoms with Gasteiger partial charge in [0.25, 0.3) is 0 Å². The zero-order valence-corrected chi connectivity index (χ0v) is 21.3. The maximum atomic E-state index is 12.6. The van der Waals surface area contributed by atoms with Crippen LogP contribution >= 0.6 is 0 Å². The first kappa shape index (κ1) is 25.3. The highest BCUT2D eigenvalue weighted by Gasteiger charge is 2.26. The van der Waals surface area contributed by atoms with Crippen molar-refractivity contribution < 1.29 is 4.79 Å². The monoisotopic (exact) mass is 459 g/mol. The van der Waals surface area contributed by atoms with Crippen molar-refractivity contribution in [3.05, 3.63) is 48.5 Å². The molecule has 0 unspecified atom stereocenters. The summed E-state index contributed by atoms with van der Waals surface area (Å²) < 4.78 is 0. The number of rotatable bonds is 8. The Bertz CT molecular complexity index is 979. The van der Waals surface area contributed by atoms with Gasteiger partial charge in [0.05, 0.1) is 34.9 Å². The summed E-state index contributed by atoms with van der Waals surface area (Å²) in [6.45, 7) is 14.9. The van der Waals surface area contributed by atoms with Crippen LogP contribution < -0.4 is 9.80 Å². The van der Waals surface area contributed by atoms with Crippen molar-refractivity contribution in [3.8, 4) is 0 Å². The number of carbonyl (C=O) groups excluding carboxylic acids is 1. The van der Waals surface area contributed by atoms with Gasteiger partial charge in [-0.15, -0.1) is 0 Å². The van der Waals surface area contributed by atoms with E-state index in [1.54, 1.807) is 0 Å². The lowest BCUT2D eigenvalue weighted by molar-refractivity contribution is -0.112. The van der Waals surface area contributed by atoms with E-state index in [9.17, 15) is 4.79 Å². The molecule has 0 saturated heterocycles. The molecule has 1 N–H and O–H groups in total. The summed E-state index contributed by atoms with van der Waals surface area (Å²) in [5.41, 5.74) is 5.18. The van der Waals surface area contributed by atoms with Crippen LogP contribution in [0.2, 0.25) is 0 Å². The summed E-state index contributed by atoms with van der Waals surface area (Å²) in [4.78, 5) is 26.5. The number of ketones is 1. The Morgan fingerprint density at radius 3 is 1.53 bits per heavy atom. The van der Waals surface area contributed by atoms with E-state index in [2.05, 4.69) is 68.5 Å². The maximum Gasteiger partial charge on any atom is 0.183 e. The van der Waals surface area contributed by atoms with Gasteiger partial charge in [0.15, 0.2) is 5.78 Å². The van der Waals surface area contributed by atoms with E-state index in [0.29, 0.717) is 23.5 Å². The number of carbonyl (C=O) groups is 1. The molecule has 0 bridgehead atoms. The lowest BCUT2D eigenvalue weighted by atomic mass is 9.93. The minimum Gasteiger partial charge on any atom is -0.369 e. The number of anilines is 2. The summed E-state index contributed by atoms with van der Waals surface area (Å²) in [5.74, 6) is -0.101. The minimum atomic E-state index is -0.101. The predicted molar refractivity (Wildman–Crippen MR) is 145 cm³/mol. The molecule has 0 amide bonds. The third kappa shape index (κ3) is 5.99. The number of hydrogen-bond donors (Lipinski definition) is 1. The Morgan fingerprint density at radius 2 is 1.15 bits per heavy atom. The van der Waals surface area contributed by atoms with E-state index < -0.39 is 0 Å². The van der Waals surface area contributed by atoms with Crippen molar-refractivity contribution in [2.75, 3.05) is 22.9 Å². The second-order valence-electron chi connectivity index (χ2n) is 9.16. The highest BCUT2D eigenvalue weighted by atomic mass is 16.1. The maximum absolute atomic E-state index is 12.6. The van der Waals surface area contributed by atoms with Crippen LogP contribution in [0.5, 0.6) is 0 Å². The Kier molecular flexibility index (Phi) is 8.37. The van der Waals surface area contributed by atoms with E-state index >= 15 is 0 Å². The van der Waals surface area contributed by atoms with E-state index in [1.165, 1.54) is 0 Å². The van der Waals surface area contributed by atoms with Gasteiger partial charge in [-0.25, -0.2) is 4.99 Å². The molecular formula is C28H37N5O. The van der Waals surface area contributed by atoms with Gasteiger partial charge in [-0.2, -0.15) is 0 Å². The van der Waals surface area contributed by atoms with Crippen molar-refractivity contribution in [2.24, 2.45) is 9.98 Å². The number of Topliss-reactive ketones (excluding diaryl/α,β-unsaturated/α-hetero) is 1. The van der Waals surface area contributed by atoms with Gasteiger partial charge in [0.1, 0.15) is 0 Å². The van der Waals surface area contributed by atoms with Crippen LogP contribution in [-0.4, -0.2) is 48.1 Å². The van der Waals surface area contributed by atoms with Crippen molar-refractivity contribution >= 4 is 45.7 Å². The van der Waals surface area contributed by atoms with Crippen LogP contribution in [0.1, 0.15) is 54.4 Å². The van der Waals surface area contributed by atoms with Crippen molar-refractivity contribution in [3.63, 3.8) is 0 Å². The largest absolute Gasteiger partial charge is 0.369 e. The first-order valence-corrected chi connectivity index (χ1v) is 12.2. The van der Waals surface area contributed by atoms with Crippen LogP contribution in [-0.2, 0) is 4.79 Å². The summed E-state index contributed by atoms with van der Waals surface area (Å²) >= 11 is 0. The Hall–Kier alpha value is -3.28. The number of nitrogens with one attached hydrogen (secondary N) is 1. The fourth-order valence-electron chi connectivity index (χ4n) is 4.38. The summed E-state index contributed by atoms with van der Waals surface area (Å²) in [6, 6.07) is 16.9. The van der Waals surface area contributed by atoms with Crippen molar-refractivity contribution in [1.29, 1.82) is 5.41 Å². The molecule has 0 aromatic heterocycles. The van der Waals surface area contributed by atoms with E-state index in [-0.39, 0.29) is 24.3 Å². The minimum absolute atomic E-state index is 0.0434. The molecule has 1 aliphatic rings. The predicted octanol–water partition coefficient (Wildman–Crippen LogP) is 6.38. The molecule has 1 saturated carbocycles. The number of hydrogen-bond acceptors (Lipinski definition) is 6. The average Bonchev–Trinajstić information content (AvgIpc) is 2.79. The molecule has 34 heavy (non-hydrogen) atoms. The molecule has 3 rings (SSSR count). The number of nitrogens with zero attached hydrogens (tertiary/aromatic N) is 4. The average molecular weight is 460 g/mol. The second-order valence-corrected chi connectivity index (χ2v) is 9.16. The number of benzene rings is 2. The van der Waals surface area contributed by atoms with E-state index in [0.717, 1.165) is 35.8 Å². The molecule has 180 valence electrons. The van der Waals surface area contributed by atoms with E-state index in [1.807, 2.05) is 36.4 Å². The Labute approximate surface area is 203 Å². The lowest BCUT2D eigenvalue weighted by Crippen LogP contribution is -2.32. The second kappa shape index (κ2) is 11.2. The van der Waals surface area contributed by atoms with Crippen LogP contribution in [0.25, 0.3) is 0 Å². The van der Waals surface area contributed by atoms with Gasteiger partial charge in [-0.05, 0) is 90.1 Å². The number of aliphatic imine (C=N–C) groups is 2. The van der Waals surface area contributed by atoms with Crippen LogP contribution in [0.4, 0.5) is 22.7 Å². The van der Waals surface area contributed by atoms with Gasteiger partial charge in [-0.1, -0.05) is 0 Å². The first-order chi connectivity index (χ1) is 16.2. The zero-order chi connectivity index (χ0) is 24.8. The van der Waals surface area contributed by atoms with E-state index in [4.69, 9.17) is 10.4 Å². The molecule has 1 fully saturated rings.